The minimum Gasteiger partial charge on any atom is -0.487 e. The van der Waals surface area contributed by atoms with Crippen molar-refractivity contribution in [2.45, 2.75) is 13.5 Å². The van der Waals surface area contributed by atoms with Crippen molar-refractivity contribution in [1.82, 2.24) is 15.2 Å². The third kappa shape index (κ3) is 3.87. The summed E-state index contributed by atoms with van der Waals surface area (Å²) in [6, 6.07) is 7.01. The fourth-order valence-corrected chi connectivity index (χ4v) is 2.94. The zero-order valence-electron chi connectivity index (χ0n) is 12.7. The van der Waals surface area contributed by atoms with E-state index < -0.39 is 0 Å². The first-order chi connectivity index (χ1) is 11.1. The molecule has 1 aliphatic heterocycles. The fraction of sp³-hybridized carbons (Fsp3) is 0.312. The third-order valence-electron chi connectivity index (χ3n) is 3.46. The Hall–Kier alpha value is -2.41. The van der Waals surface area contributed by atoms with Crippen LogP contribution in [0.5, 0.6) is 5.75 Å². The van der Waals surface area contributed by atoms with Gasteiger partial charge in [-0.1, -0.05) is 6.07 Å². The number of rotatable bonds is 4. The molecule has 0 atom stereocenters. The largest absolute Gasteiger partial charge is 0.487 e. The molecule has 1 aliphatic rings. The first-order valence-electron chi connectivity index (χ1n) is 7.31. The van der Waals surface area contributed by atoms with E-state index in [1.807, 2.05) is 12.3 Å². The lowest BCUT2D eigenvalue weighted by Gasteiger charge is -2.26. The van der Waals surface area contributed by atoms with Gasteiger partial charge in [0, 0.05) is 24.0 Å². The number of aryl methyl sites for hydroxylation is 1. The molecule has 1 fully saturated rings. The van der Waals surface area contributed by atoms with Crippen LogP contribution in [0, 0.1) is 6.92 Å². The summed E-state index contributed by atoms with van der Waals surface area (Å²) < 4.78 is 5.70. The molecule has 0 spiro atoms. The Kier molecular flexibility index (Phi) is 4.57. The van der Waals surface area contributed by atoms with E-state index in [4.69, 9.17) is 4.74 Å². The van der Waals surface area contributed by atoms with Crippen molar-refractivity contribution >= 4 is 23.2 Å². The number of hydrogen-bond acceptors (Lipinski definition) is 5. The topological polar surface area (TPSA) is 71.5 Å². The predicted octanol–water partition coefficient (Wildman–Crippen LogP) is 1.60. The Balaban J connectivity index is 1.66. The number of piperazine rings is 1. The van der Waals surface area contributed by atoms with Crippen LogP contribution in [0.15, 0.2) is 29.6 Å². The number of ether oxygens (including phenoxy) is 1. The van der Waals surface area contributed by atoms with Gasteiger partial charge in [0.1, 0.15) is 12.4 Å². The molecule has 6 nitrogen and oxygen atoms in total. The number of benzene rings is 1. The predicted molar refractivity (Wildman–Crippen MR) is 86.5 cm³/mol. The summed E-state index contributed by atoms with van der Waals surface area (Å²) in [6.07, 6.45) is 0. The van der Waals surface area contributed by atoms with E-state index in [1.54, 1.807) is 40.5 Å². The van der Waals surface area contributed by atoms with Gasteiger partial charge in [-0.15, -0.1) is 11.3 Å². The van der Waals surface area contributed by atoms with E-state index in [2.05, 4.69) is 10.3 Å². The number of nitrogens with one attached hydrogen (secondary N) is 1. The lowest BCUT2D eigenvalue weighted by molar-refractivity contribution is -0.123. The normalized spacial score (nSPS) is 14.5. The Morgan fingerprint density at radius 2 is 2.35 bits per heavy atom. The van der Waals surface area contributed by atoms with Gasteiger partial charge in [-0.05, 0) is 25.1 Å². The monoisotopic (exact) mass is 331 g/mol. The molecule has 2 amide bonds. The highest BCUT2D eigenvalue weighted by Crippen LogP contribution is 2.17. The molecule has 1 saturated heterocycles. The fourth-order valence-electron chi connectivity index (χ4n) is 2.35. The summed E-state index contributed by atoms with van der Waals surface area (Å²) in [7, 11) is 0. The number of carbonyl (C=O) groups is 2. The molecule has 0 unspecified atom stereocenters. The average molecular weight is 331 g/mol. The van der Waals surface area contributed by atoms with Crippen LogP contribution in [0.1, 0.15) is 21.1 Å². The van der Waals surface area contributed by atoms with Crippen LogP contribution in [0.3, 0.4) is 0 Å². The van der Waals surface area contributed by atoms with E-state index >= 15 is 0 Å². The van der Waals surface area contributed by atoms with Gasteiger partial charge in [-0.25, -0.2) is 4.98 Å². The molecule has 3 rings (SSSR count). The third-order valence-corrected chi connectivity index (χ3v) is 4.28. The van der Waals surface area contributed by atoms with Gasteiger partial charge < -0.3 is 15.0 Å². The van der Waals surface area contributed by atoms with E-state index in [-0.39, 0.29) is 18.4 Å². The number of thiazole rings is 1. The number of nitrogens with zero attached hydrogens (tertiary/aromatic N) is 2. The lowest BCUT2D eigenvalue weighted by Crippen LogP contribution is -2.49. The van der Waals surface area contributed by atoms with Crippen LogP contribution in [0.4, 0.5) is 0 Å². The second kappa shape index (κ2) is 6.78. The Morgan fingerprint density at radius 3 is 3.09 bits per heavy atom. The van der Waals surface area contributed by atoms with Crippen molar-refractivity contribution in [3.8, 4) is 5.75 Å². The standard InChI is InChI=1S/C16H17N3O3S/c1-11-18-13(10-23-11)9-22-14-4-2-3-12(7-14)16(21)19-6-5-17-15(20)8-19/h2-4,7,10H,5-6,8-9H2,1H3,(H,17,20). The van der Waals surface area contributed by atoms with Crippen molar-refractivity contribution in [3.63, 3.8) is 0 Å². The van der Waals surface area contributed by atoms with Crippen molar-refractivity contribution in [2.75, 3.05) is 19.6 Å². The molecule has 120 valence electrons. The van der Waals surface area contributed by atoms with Crippen LogP contribution < -0.4 is 10.1 Å². The van der Waals surface area contributed by atoms with Gasteiger partial charge in [0.05, 0.1) is 17.2 Å². The molecule has 1 aromatic carbocycles. The molecular formula is C16H17N3O3S. The van der Waals surface area contributed by atoms with Crippen molar-refractivity contribution < 1.29 is 14.3 Å². The van der Waals surface area contributed by atoms with Crippen LogP contribution in [0.2, 0.25) is 0 Å². The minimum absolute atomic E-state index is 0.0992. The average Bonchev–Trinajstić information content (AvgIpc) is 2.98. The first-order valence-corrected chi connectivity index (χ1v) is 8.19. The van der Waals surface area contributed by atoms with E-state index in [0.29, 0.717) is 31.0 Å². The maximum Gasteiger partial charge on any atom is 0.254 e. The van der Waals surface area contributed by atoms with Crippen LogP contribution in [0.25, 0.3) is 0 Å². The van der Waals surface area contributed by atoms with Crippen LogP contribution in [-0.2, 0) is 11.4 Å². The Bertz CT molecular complexity index is 729. The highest BCUT2D eigenvalue weighted by molar-refractivity contribution is 7.09. The van der Waals surface area contributed by atoms with Gasteiger partial charge in [0.15, 0.2) is 0 Å². The zero-order valence-corrected chi connectivity index (χ0v) is 13.6. The minimum atomic E-state index is -0.158. The van der Waals surface area contributed by atoms with Crippen LogP contribution >= 0.6 is 11.3 Å². The SMILES string of the molecule is Cc1nc(COc2cccc(C(=O)N3CCNC(=O)C3)c2)cs1. The lowest BCUT2D eigenvalue weighted by atomic mass is 10.1. The van der Waals surface area contributed by atoms with E-state index in [1.165, 1.54) is 0 Å². The highest BCUT2D eigenvalue weighted by atomic mass is 32.1. The molecular weight excluding hydrogens is 314 g/mol. The van der Waals surface area contributed by atoms with Gasteiger partial charge in [-0.3, -0.25) is 9.59 Å². The number of hydrogen-bond donors (Lipinski definition) is 1. The molecule has 0 bridgehead atoms. The molecule has 23 heavy (non-hydrogen) atoms. The summed E-state index contributed by atoms with van der Waals surface area (Å²) >= 11 is 1.58. The molecule has 2 aromatic rings. The Labute approximate surface area is 138 Å². The molecule has 1 N–H and O–H groups in total. The summed E-state index contributed by atoms with van der Waals surface area (Å²) in [5.41, 5.74) is 1.39. The maximum absolute atomic E-state index is 12.5. The van der Waals surface area contributed by atoms with Gasteiger partial charge in [0.25, 0.3) is 5.91 Å². The second-order valence-corrected chi connectivity index (χ2v) is 6.31. The molecule has 7 heteroatoms. The number of aromatic nitrogens is 1. The Morgan fingerprint density at radius 1 is 1.48 bits per heavy atom. The van der Waals surface area contributed by atoms with Crippen molar-refractivity contribution in [1.29, 1.82) is 0 Å². The first kappa shape index (κ1) is 15.5. The zero-order chi connectivity index (χ0) is 16.2. The second-order valence-electron chi connectivity index (χ2n) is 5.25. The van der Waals surface area contributed by atoms with Crippen LogP contribution in [-0.4, -0.2) is 41.3 Å². The molecule has 2 heterocycles. The van der Waals surface area contributed by atoms with Gasteiger partial charge >= 0.3 is 0 Å². The summed E-state index contributed by atoms with van der Waals surface area (Å²) in [5.74, 6) is 0.327. The van der Waals surface area contributed by atoms with Crippen molar-refractivity contribution in [3.05, 3.63) is 45.9 Å². The summed E-state index contributed by atoms with van der Waals surface area (Å²) in [4.78, 5) is 29.7. The van der Waals surface area contributed by atoms with Gasteiger partial charge in [0.2, 0.25) is 5.91 Å². The van der Waals surface area contributed by atoms with E-state index in [9.17, 15) is 9.59 Å². The van der Waals surface area contributed by atoms with Gasteiger partial charge in [-0.2, -0.15) is 0 Å². The number of carbonyl (C=O) groups excluding carboxylic acids is 2. The van der Waals surface area contributed by atoms with Crippen molar-refractivity contribution in [2.24, 2.45) is 0 Å². The summed E-state index contributed by atoms with van der Waals surface area (Å²) in [5, 5.41) is 5.66. The molecule has 1 aromatic heterocycles. The van der Waals surface area contributed by atoms with E-state index in [0.717, 1.165) is 10.7 Å². The number of amides is 2. The summed E-state index contributed by atoms with van der Waals surface area (Å²) in [6.45, 7) is 3.43. The maximum atomic E-state index is 12.5. The molecule has 0 radical (unpaired) electrons. The molecule has 0 aliphatic carbocycles. The smallest absolute Gasteiger partial charge is 0.254 e. The molecule has 0 saturated carbocycles. The highest BCUT2D eigenvalue weighted by Gasteiger charge is 2.22. The quantitative estimate of drug-likeness (QED) is 0.924.